The fraction of sp³-hybridized carbons (Fsp3) is 0. The lowest BCUT2D eigenvalue weighted by Crippen LogP contribution is -2.42. The zero-order valence-electron chi connectivity index (χ0n) is 13.3. The summed E-state index contributed by atoms with van der Waals surface area (Å²) in [6.45, 7) is 0. The van der Waals surface area contributed by atoms with Crippen molar-refractivity contribution < 1.29 is 14.4 Å². The average molecular weight is 329 g/mol. The Hall–Kier alpha value is -3.53. The molecule has 3 amide bonds. The lowest BCUT2D eigenvalue weighted by molar-refractivity contribution is 0.0538. The first-order valence-corrected chi connectivity index (χ1v) is 7.77. The second kappa shape index (κ2) is 7.36. The molecule has 0 aliphatic carbocycles. The van der Waals surface area contributed by atoms with E-state index in [1.54, 1.807) is 91.0 Å². The summed E-state index contributed by atoms with van der Waals surface area (Å²) in [6, 6.07) is 24.9. The summed E-state index contributed by atoms with van der Waals surface area (Å²) in [7, 11) is 0. The van der Waals surface area contributed by atoms with Crippen molar-refractivity contribution in [3.8, 4) is 0 Å². The highest BCUT2D eigenvalue weighted by Gasteiger charge is 2.31. The maximum absolute atomic E-state index is 12.9. The molecular formula is C21H15NO3. The van der Waals surface area contributed by atoms with Crippen LogP contribution in [0, 0.1) is 0 Å². The van der Waals surface area contributed by atoms with Gasteiger partial charge in [-0.05, 0) is 36.4 Å². The third-order valence-corrected chi connectivity index (χ3v) is 3.67. The first-order valence-electron chi connectivity index (χ1n) is 7.77. The number of hydrogen-bond acceptors (Lipinski definition) is 3. The first-order chi connectivity index (χ1) is 12.2. The Morgan fingerprint density at radius 2 is 0.680 bits per heavy atom. The lowest BCUT2D eigenvalue weighted by Gasteiger charge is -2.19. The highest BCUT2D eigenvalue weighted by Crippen LogP contribution is 2.14. The molecule has 0 spiro atoms. The van der Waals surface area contributed by atoms with E-state index in [-0.39, 0.29) is 16.7 Å². The number of carbonyl (C=O) groups excluding carboxylic acids is 3. The minimum atomic E-state index is -0.650. The second-order valence-electron chi connectivity index (χ2n) is 5.35. The van der Waals surface area contributed by atoms with Crippen molar-refractivity contribution in [1.29, 1.82) is 0 Å². The summed E-state index contributed by atoms with van der Waals surface area (Å²) in [5, 5.41) is 0. The minimum Gasteiger partial charge on any atom is -0.268 e. The van der Waals surface area contributed by atoms with Crippen LogP contribution in [0.1, 0.15) is 31.1 Å². The molecule has 0 N–H and O–H groups in total. The molecule has 0 fully saturated rings. The molecule has 0 aliphatic heterocycles. The molecular weight excluding hydrogens is 314 g/mol. The predicted octanol–water partition coefficient (Wildman–Crippen LogP) is 3.81. The van der Waals surface area contributed by atoms with Crippen molar-refractivity contribution >= 4 is 17.7 Å². The number of imide groups is 3. The van der Waals surface area contributed by atoms with E-state index in [4.69, 9.17) is 0 Å². The molecule has 3 aromatic rings. The van der Waals surface area contributed by atoms with E-state index < -0.39 is 17.7 Å². The van der Waals surface area contributed by atoms with Gasteiger partial charge in [0.25, 0.3) is 17.7 Å². The van der Waals surface area contributed by atoms with E-state index in [1.165, 1.54) is 0 Å². The topological polar surface area (TPSA) is 54.5 Å². The summed E-state index contributed by atoms with van der Waals surface area (Å²) in [5.41, 5.74) is 0.822. The predicted molar refractivity (Wildman–Crippen MR) is 94.2 cm³/mol. The molecule has 4 nitrogen and oxygen atoms in total. The SMILES string of the molecule is O=C(c1ccccc1)N(C(=O)c1ccccc1)C(=O)c1ccccc1. The van der Waals surface area contributed by atoms with E-state index >= 15 is 0 Å². The van der Waals surface area contributed by atoms with Gasteiger partial charge >= 0.3 is 0 Å². The molecule has 25 heavy (non-hydrogen) atoms. The van der Waals surface area contributed by atoms with Crippen molar-refractivity contribution in [3.63, 3.8) is 0 Å². The van der Waals surface area contributed by atoms with Crippen molar-refractivity contribution in [1.82, 2.24) is 4.90 Å². The third kappa shape index (κ3) is 3.53. The number of amides is 3. The Morgan fingerprint density at radius 3 is 0.920 bits per heavy atom. The van der Waals surface area contributed by atoms with Crippen LogP contribution >= 0.6 is 0 Å². The summed E-state index contributed by atoms with van der Waals surface area (Å²) in [5.74, 6) is -1.95. The van der Waals surface area contributed by atoms with E-state index in [2.05, 4.69) is 0 Å². The standard InChI is InChI=1S/C21H15NO3/c23-19(16-10-4-1-5-11-16)22(20(24)17-12-6-2-7-13-17)21(25)18-14-8-3-9-15-18/h1-15H. The normalized spacial score (nSPS) is 10.1. The Morgan fingerprint density at radius 1 is 0.440 bits per heavy atom. The van der Waals surface area contributed by atoms with Crippen LogP contribution in [0.25, 0.3) is 0 Å². The van der Waals surface area contributed by atoms with Crippen LogP contribution in [0.3, 0.4) is 0 Å². The Labute approximate surface area is 145 Å². The second-order valence-corrected chi connectivity index (χ2v) is 5.35. The molecule has 0 aliphatic rings. The van der Waals surface area contributed by atoms with E-state index in [1.807, 2.05) is 0 Å². The van der Waals surface area contributed by atoms with Crippen molar-refractivity contribution in [2.45, 2.75) is 0 Å². The summed E-state index contributed by atoms with van der Waals surface area (Å²) >= 11 is 0. The van der Waals surface area contributed by atoms with Gasteiger partial charge in [-0.1, -0.05) is 54.6 Å². The summed E-state index contributed by atoms with van der Waals surface area (Å²) < 4.78 is 0. The molecule has 3 rings (SSSR count). The van der Waals surface area contributed by atoms with Gasteiger partial charge in [0, 0.05) is 16.7 Å². The molecule has 3 aromatic carbocycles. The fourth-order valence-electron chi connectivity index (χ4n) is 2.41. The highest BCUT2D eigenvalue weighted by atomic mass is 16.2. The quantitative estimate of drug-likeness (QED) is 0.687. The molecule has 0 heterocycles. The average Bonchev–Trinajstić information content (AvgIpc) is 2.70. The molecule has 0 bridgehead atoms. The van der Waals surface area contributed by atoms with Gasteiger partial charge in [-0.25, -0.2) is 4.90 Å². The van der Waals surface area contributed by atoms with E-state index in [9.17, 15) is 14.4 Å². The van der Waals surface area contributed by atoms with Gasteiger partial charge in [0.1, 0.15) is 0 Å². The Balaban J connectivity index is 2.04. The van der Waals surface area contributed by atoms with Gasteiger partial charge in [-0.15, -0.1) is 0 Å². The van der Waals surface area contributed by atoms with Gasteiger partial charge in [0.2, 0.25) is 0 Å². The van der Waals surface area contributed by atoms with Crippen LogP contribution in [-0.4, -0.2) is 22.6 Å². The molecule has 0 atom stereocenters. The first kappa shape index (κ1) is 16.3. The number of hydrogen-bond donors (Lipinski definition) is 0. The van der Waals surface area contributed by atoms with Crippen LogP contribution in [-0.2, 0) is 0 Å². The van der Waals surface area contributed by atoms with Gasteiger partial charge < -0.3 is 0 Å². The zero-order valence-corrected chi connectivity index (χ0v) is 13.3. The number of benzene rings is 3. The Kier molecular flexibility index (Phi) is 4.81. The minimum absolute atomic E-state index is 0.274. The lowest BCUT2D eigenvalue weighted by atomic mass is 10.1. The van der Waals surface area contributed by atoms with Crippen LogP contribution < -0.4 is 0 Å². The van der Waals surface area contributed by atoms with Gasteiger partial charge in [0.05, 0.1) is 0 Å². The largest absolute Gasteiger partial charge is 0.268 e. The van der Waals surface area contributed by atoms with Crippen molar-refractivity contribution in [2.24, 2.45) is 0 Å². The van der Waals surface area contributed by atoms with Crippen molar-refractivity contribution in [3.05, 3.63) is 108 Å². The van der Waals surface area contributed by atoms with Crippen LogP contribution in [0.4, 0.5) is 0 Å². The number of nitrogens with zero attached hydrogens (tertiary/aromatic N) is 1. The molecule has 0 radical (unpaired) electrons. The van der Waals surface area contributed by atoms with Crippen LogP contribution in [0.5, 0.6) is 0 Å². The van der Waals surface area contributed by atoms with Gasteiger partial charge in [0.15, 0.2) is 0 Å². The van der Waals surface area contributed by atoms with Crippen LogP contribution in [0.15, 0.2) is 91.0 Å². The summed E-state index contributed by atoms with van der Waals surface area (Å²) in [4.78, 5) is 39.3. The molecule has 4 heteroatoms. The Bertz CT molecular complexity index is 768. The van der Waals surface area contributed by atoms with E-state index in [0.29, 0.717) is 4.90 Å². The molecule has 0 saturated carbocycles. The zero-order chi connectivity index (χ0) is 17.6. The molecule has 0 unspecified atom stereocenters. The highest BCUT2D eigenvalue weighted by molar-refractivity contribution is 6.23. The monoisotopic (exact) mass is 329 g/mol. The van der Waals surface area contributed by atoms with Crippen molar-refractivity contribution in [2.75, 3.05) is 0 Å². The summed E-state index contributed by atoms with van der Waals surface area (Å²) in [6.07, 6.45) is 0. The smallest absolute Gasteiger partial charge is 0.267 e. The maximum atomic E-state index is 12.9. The molecule has 0 aromatic heterocycles. The molecule has 122 valence electrons. The van der Waals surface area contributed by atoms with E-state index in [0.717, 1.165) is 0 Å². The van der Waals surface area contributed by atoms with Gasteiger partial charge in [-0.2, -0.15) is 0 Å². The number of rotatable bonds is 3. The number of carbonyl (C=O) groups is 3. The maximum Gasteiger partial charge on any atom is 0.267 e. The third-order valence-electron chi connectivity index (χ3n) is 3.67. The fourth-order valence-corrected chi connectivity index (χ4v) is 2.41. The van der Waals surface area contributed by atoms with Gasteiger partial charge in [-0.3, -0.25) is 14.4 Å². The molecule has 0 saturated heterocycles. The van der Waals surface area contributed by atoms with Crippen LogP contribution in [0.2, 0.25) is 0 Å².